The maximum atomic E-state index is 13.9. The summed E-state index contributed by atoms with van der Waals surface area (Å²) in [6, 6.07) is 2.91. The van der Waals surface area contributed by atoms with Crippen molar-refractivity contribution in [3.05, 3.63) is 30.1 Å². The number of halogens is 7. The third-order valence-electron chi connectivity index (χ3n) is 3.00. The van der Waals surface area contributed by atoms with Gasteiger partial charge in [-0.1, -0.05) is 6.07 Å². The van der Waals surface area contributed by atoms with Crippen LogP contribution in [0.3, 0.4) is 0 Å². The van der Waals surface area contributed by atoms with Crippen molar-refractivity contribution in [2.45, 2.75) is 11.9 Å². The first-order chi connectivity index (χ1) is 12.7. The predicted octanol–water partition coefficient (Wildman–Crippen LogP) is 4.09. The van der Waals surface area contributed by atoms with E-state index in [1.165, 1.54) is 7.11 Å². The van der Waals surface area contributed by atoms with Crippen molar-refractivity contribution < 1.29 is 57.5 Å². The van der Waals surface area contributed by atoms with Gasteiger partial charge in [0.1, 0.15) is 5.75 Å². The van der Waals surface area contributed by atoms with Crippen molar-refractivity contribution in [2.75, 3.05) is 13.9 Å². The molecule has 0 saturated heterocycles. The molecule has 2 rings (SSSR count). The van der Waals surface area contributed by atoms with Crippen LogP contribution in [0, 0.1) is 5.82 Å². The van der Waals surface area contributed by atoms with E-state index in [0.717, 1.165) is 12.1 Å². The molecule has 2 aromatic carbocycles. The zero-order valence-corrected chi connectivity index (χ0v) is 14.3. The van der Waals surface area contributed by atoms with E-state index in [9.17, 15) is 39.2 Å². The molecule has 0 bridgehead atoms. The topological polar surface area (TPSA) is 71.1 Å². The first kappa shape index (κ1) is 21.8. The highest BCUT2D eigenvalue weighted by Gasteiger charge is 2.49. The Bertz CT molecular complexity index is 969. The third kappa shape index (κ3) is 4.86. The third-order valence-corrected chi connectivity index (χ3v) is 3.97. The Morgan fingerprint density at radius 1 is 1.04 bits per heavy atom. The Hall–Kier alpha value is -2.48. The van der Waals surface area contributed by atoms with Crippen molar-refractivity contribution in [3.8, 4) is 17.2 Å². The molecule has 0 aromatic heterocycles. The molecule has 14 heteroatoms. The summed E-state index contributed by atoms with van der Waals surface area (Å²) in [5.74, 6) is -4.81. The summed E-state index contributed by atoms with van der Waals surface area (Å²) in [5, 5.41) is -1.36. The molecule has 0 fully saturated rings. The summed E-state index contributed by atoms with van der Waals surface area (Å²) >= 11 is 0. The molecule has 0 saturated carbocycles. The fourth-order valence-electron chi connectivity index (χ4n) is 2.00. The van der Waals surface area contributed by atoms with Crippen LogP contribution in [0.4, 0.5) is 30.7 Å². The number of alkyl halides is 6. The van der Waals surface area contributed by atoms with E-state index in [2.05, 4.69) is 13.7 Å². The van der Waals surface area contributed by atoms with Crippen LogP contribution in [0.25, 0.3) is 10.8 Å². The fourth-order valence-corrected chi connectivity index (χ4v) is 2.46. The maximum absolute atomic E-state index is 13.9. The summed E-state index contributed by atoms with van der Waals surface area (Å²) in [5.41, 5.74) is -5.90. The molecule has 6 nitrogen and oxygen atoms in total. The van der Waals surface area contributed by atoms with Gasteiger partial charge in [-0.15, -0.1) is 13.2 Å². The smallest absolute Gasteiger partial charge is 0.467 e. The Morgan fingerprint density at radius 3 is 2.21 bits per heavy atom. The van der Waals surface area contributed by atoms with Gasteiger partial charge in [-0.25, -0.2) is 4.39 Å². The number of benzene rings is 2. The summed E-state index contributed by atoms with van der Waals surface area (Å²) < 4.78 is 129. The Labute approximate surface area is 152 Å². The van der Waals surface area contributed by atoms with Crippen molar-refractivity contribution >= 4 is 20.9 Å². The monoisotopic (exact) mass is 438 g/mol. The van der Waals surface area contributed by atoms with Crippen molar-refractivity contribution in [1.82, 2.24) is 0 Å². The van der Waals surface area contributed by atoms with Gasteiger partial charge in [0.2, 0.25) is 0 Å². The Balaban J connectivity index is 2.76. The molecule has 0 heterocycles. The van der Waals surface area contributed by atoms with Gasteiger partial charge in [0.15, 0.2) is 24.1 Å². The number of methoxy groups -OCH3 is 1. The number of hydrogen-bond acceptors (Lipinski definition) is 6. The number of rotatable bonds is 6. The maximum Gasteiger partial charge on any atom is 0.573 e. The fraction of sp³-hybridized carbons (Fsp3) is 0.286. The highest BCUT2D eigenvalue weighted by molar-refractivity contribution is 7.88. The number of hydrogen-bond donors (Lipinski definition) is 0. The summed E-state index contributed by atoms with van der Waals surface area (Å²) in [6.45, 7) is -0.440. The Morgan fingerprint density at radius 2 is 1.68 bits per heavy atom. The second kappa shape index (κ2) is 7.50. The molecule has 0 radical (unpaired) electrons. The van der Waals surface area contributed by atoms with Crippen LogP contribution in [0.5, 0.6) is 17.2 Å². The predicted molar refractivity (Wildman–Crippen MR) is 78.7 cm³/mol. The quantitative estimate of drug-likeness (QED) is 0.293. The van der Waals surface area contributed by atoms with Gasteiger partial charge in [-0.2, -0.15) is 21.6 Å². The molecule has 156 valence electrons. The average molecular weight is 438 g/mol. The molecular formula is C14H9F7O6S. The van der Waals surface area contributed by atoms with E-state index in [0.29, 0.717) is 12.1 Å². The lowest BCUT2D eigenvalue weighted by atomic mass is 10.1. The van der Waals surface area contributed by atoms with Gasteiger partial charge in [-0.3, -0.25) is 0 Å². The van der Waals surface area contributed by atoms with E-state index in [1.807, 2.05) is 0 Å². The van der Waals surface area contributed by atoms with Gasteiger partial charge < -0.3 is 18.4 Å². The van der Waals surface area contributed by atoms with E-state index < -0.39 is 51.5 Å². The first-order valence-electron chi connectivity index (χ1n) is 6.89. The van der Waals surface area contributed by atoms with Crippen LogP contribution >= 0.6 is 0 Å². The Kier molecular flexibility index (Phi) is 5.85. The molecule has 0 atom stereocenters. The van der Waals surface area contributed by atoms with Crippen LogP contribution in [0.1, 0.15) is 0 Å². The minimum Gasteiger partial charge on any atom is -0.467 e. The second-order valence-corrected chi connectivity index (χ2v) is 6.52. The molecule has 2 aromatic rings. The highest BCUT2D eigenvalue weighted by Crippen LogP contribution is 2.42. The lowest BCUT2D eigenvalue weighted by Gasteiger charge is -2.17. The van der Waals surface area contributed by atoms with Crippen LogP contribution in [-0.4, -0.2) is 34.2 Å². The van der Waals surface area contributed by atoms with Crippen LogP contribution in [-0.2, 0) is 14.9 Å². The summed E-state index contributed by atoms with van der Waals surface area (Å²) in [6.07, 6.45) is -5.43. The van der Waals surface area contributed by atoms with Crippen molar-refractivity contribution in [3.63, 3.8) is 0 Å². The van der Waals surface area contributed by atoms with E-state index in [1.54, 1.807) is 0 Å². The zero-order chi connectivity index (χ0) is 21.3. The molecule has 0 aliphatic carbocycles. The second-order valence-electron chi connectivity index (χ2n) is 4.98. The lowest BCUT2D eigenvalue weighted by Crippen LogP contribution is -2.28. The summed E-state index contributed by atoms with van der Waals surface area (Å²) in [7, 11) is -5.11. The standard InChI is InChI=1S/C14H9F7O6S/c1-24-6-25-8-4-7-2-3-9(15)12(26-13(16,17)18)11(7)10(5-8)27-28(22,23)14(19,20)21/h2-5H,6H2,1H3. The molecule has 0 N–H and O–H groups in total. The average Bonchev–Trinajstić information content (AvgIpc) is 2.53. The molecule has 0 aliphatic heterocycles. The molecule has 0 amide bonds. The minimum atomic E-state index is -6.30. The number of ether oxygens (including phenoxy) is 3. The molecule has 28 heavy (non-hydrogen) atoms. The molecular weight excluding hydrogens is 429 g/mol. The van der Waals surface area contributed by atoms with Crippen LogP contribution in [0.15, 0.2) is 24.3 Å². The molecule has 0 aliphatic rings. The van der Waals surface area contributed by atoms with E-state index >= 15 is 0 Å². The molecule has 0 spiro atoms. The minimum absolute atomic E-state index is 0.328. The molecule has 0 unspecified atom stereocenters. The highest BCUT2D eigenvalue weighted by atomic mass is 32.2. The van der Waals surface area contributed by atoms with Gasteiger partial charge in [0, 0.05) is 13.2 Å². The first-order valence-corrected chi connectivity index (χ1v) is 8.30. The van der Waals surface area contributed by atoms with Crippen molar-refractivity contribution in [1.29, 1.82) is 0 Å². The van der Waals surface area contributed by atoms with Crippen molar-refractivity contribution in [2.24, 2.45) is 0 Å². The van der Waals surface area contributed by atoms with Crippen LogP contribution < -0.4 is 13.7 Å². The van der Waals surface area contributed by atoms with Gasteiger partial charge in [0.05, 0.1) is 5.39 Å². The van der Waals surface area contributed by atoms with E-state index in [-0.39, 0.29) is 11.1 Å². The number of fused-ring (bicyclic) bond motifs is 1. The lowest BCUT2D eigenvalue weighted by molar-refractivity contribution is -0.275. The normalized spacial score (nSPS) is 12.9. The largest absolute Gasteiger partial charge is 0.573 e. The summed E-state index contributed by atoms with van der Waals surface area (Å²) in [4.78, 5) is 0. The van der Waals surface area contributed by atoms with Crippen LogP contribution in [0.2, 0.25) is 0 Å². The zero-order valence-electron chi connectivity index (χ0n) is 13.5. The van der Waals surface area contributed by atoms with Gasteiger partial charge >= 0.3 is 22.0 Å². The SMILES string of the molecule is COCOc1cc(OS(=O)(=O)C(F)(F)F)c2c(OC(F)(F)F)c(F)ccc2c1. The van der Waals surface area contributed by atoms with E-state index in [4.69, 9.17) is 4.74 Å². The van der Waals surface area contributed by atoms with Gasteiger partial charge in [-0.05, 0) is 17.5 Å². The van der Waals surface area contributed by atoms with Gasteiger partial charge in [0.25, 0.3) is 0 Å².